The number of amides is 3. The lowest BCUT2D eigenvalue weighted by Crippen LogP contribution is -2.55. The van der Waals surface area contributed by atoms with Crippen molar-refractivity contribution in [2.24, 2.45) is 0 Å². The number of rotatable bonds is 11. The first-order valence-electron chi connectivity index (χ1n) is 14.2. The topological polar surface area (TPSA) is 162 Å². The number of carbonyl (C=O) groups is 3. The van der Waals surface area contributed by atoms with Crippen LogP contribution in [0.4, 0.5) is 5.69 Å². The SMILES string of the molecule is CC(=O)Nc1ccc(S(=O)(=O)NC[C@@H]2CCCN2C(=O)CN2CCCC(NS(=O)(=O)c3ccc(-c4ccc(Cl)s4)s3)C2=O)cc1. The number of piperidine rings is 1. The number of hydrogen-bond acceptors (Lipinski definition) is 9. The fraction of sp³-hybridized carbons (Fsp3) is 0.393. The molecule has 1 unspecified atom stereocenters. The van der Waals surface area contributed by atoms with Gasteiger partial charge in [0.1, 0.15) is 10.3 Å². The minimum Gasteiger partial charge on any atom is -0.337 e. The minimum atomic E-state index is -3.99. The molecule has 0 aliphatic carbocycles. The molecular formula is C28H32ClN5O7S4. The highest BCUT2D eigenvalue weighted by atomic mass is 35.5. The normalized spacial score (nSPS) is 19.2. The maximum Gasteiger partial charge on any atom is 0.250 e. The van der Waals surface area contributed by atoms with E-state index in [1.807, 2.05) is 6.07 Å². The Bertz CT molecular complexity index is 1790. The zero-order valence-electron chi connectivity index (χ0n) is 24.2. The van der Waals surface area contributed by atoms with E-state index in [2.05, 4.69) is 14.8 Å². The van der Waals surface area contributed by atoms with Crippen LogP contribution in [0.2, 0.25) is 4.34 Å². The lowest BCUT2D eigenvalue weighted by atomic mass is 10.1. The van der Waals surface area contributed by atoms with Crippen LogP contribution >= 0.6 is 34.3 Å². The van der Waals surface area contributed by atoms with Crippen LogP contribution in [0.5, 0.6) is 0 Å². The number of benzene rings is 1. The van der Waals surface area contributed by atoms with E-state index in [9.17, 15) is 31.2 Å². The van der Waals surface area contributed by atoms with E-state index >= 15 is 0 Å². The fourth-order valence-corrected chi connectivity index (χ4v) is 10.1. The Labute approximate surface area is 274 Å². The maximum absolute atomic E-state index is 13.3. The number of anilines is 1. The van der Waals surface area contributed by atoms with Crippen LogP contribution in [-0.2, 0) is 34.4 Å². The summed E-state index contributed by atoms with van der Waals surface area (Å²) in [6, 6.07) is 11.1. The molecule has 0 spiro atoms. The smallest absolute Gasteiger partial charge is 0.250 e. The summed E-state index contributed by atoms with van der Waals surface area (Å²) < 4.78 is 57.8. The number of halogens is 1. The summed E-state index contributed by atoms with van der Waals surface area (Å²) in [5.74, 6) is -1.07. The Balaban J connectivity index is 1.17. The molecule has 2 fully saturated rings. The van der Waals surface area contributed by atoms with Crippen LogP contribution in [-0.4, -0.2) is 82.6 Å². The van der Waals surface area contributed by atoms with Crippen LogP contribution < -0.4 is 14.8 Å². The van der Waals surface area contributed by atoms with Crippen molar-refractivity contribution >= 4 is 77.7 Å². The summed E-state index contributed by atoms with van der Waals surface area (Å²) >= 11 is 8.43. The van der Waals surface area contributed by atoms with Gasteiger partial charge in [-0.2, -0.15) is 4.72 Å². The molecule has 1 aromatic carbocycles. The third-order valence-corrected chi connectivity index (χ3v) is 13.4. The molecule has 2 aromatic heterocycles. The molecular weight excluding hydrogens is 682 g/mol. The second-order valence-electron chi connectivity index (χ2n) is 10.7. The highest BCUT2D eigenvalue weighted by Crippen LogP contribution is 2.37. The van der Waals surface area contributed by atoms with Crippen LogP contribution in [0, 0.1) is 0 Å². The molecule has 3 N–H and O–H groups in total. The summed E-state index contributed by atoms with van der Waals surface area (Å²) in [6.45, 7) is 1.86. The van der Waals surface area contributed by atoms with Gasteiger partial charge in [-0.3, -0.25) is 14.4 Å². The molecule has 2 aliphatic heterocycles. The molecule has 2 atom stereocenters. The van der Waals surface area contributed by atoms with Gasteiger partial charge >= 0.3 is 0 Å². The molecule has 2 aliphatic rings. The molecule has 3 amide bonds. The lowest BCUT2D eigenvalue weighted by Gasteiger charge is -2.34. The predicted octanol–water partition coefficient (Wildman–Crippen LogP) is 3.33. The Kier molecular flexibility index (Phi) is 10.3. The third kappa shape index (κ3) is 8.11. The number of sulfonamides is 2. The van der Waals surface area contributed by atoms with Crippen LogP contribution in [0.15, 0.2) is 57.6 Å². The second kappa shape index (κ2) is 13.9. The molecule has 17 heteroatoms. The summed E-state index contributed by atoms with van der Waals surface area (Å²) in [5.41, 5.74) is 0.469. The zero-order valence-corrected chi connectivity index (χ0v) is 28.2. The van der Waals surface area contributed by atoms with Crippen LogP contribution in [0.25, 0.3) is 9.75 Å². The molecule has 12 nitrogen and oxygen atoms in total. The third-order valence-electron chi connectivity index (χ3n) is 7.51. The molecule has 0 bridgehead atoms. The van der Waals surface area contributed by atoms with E-state index < -0.39 is 38.0 Å². The monoisotopic (exact) mass is 713 g/mol. The summed E-state index contributed by atoms with van der Waals surface area (Å²) in [6.07, 6.45) is 2.09. The molecule has 45 heavy (non-hydrogen) atoms. The van der Waals surface area contributed by atoms with Gasteiger partial charge in [-0.25, -0.2) is 21.6 Å². The summed E-state index contributed by atoms with van der Waals surface area (Å²) in [4.78, 5) is 42.4. The average Bonchev–Trinajstić information content (AvgIpc) is 3.75. The van der Waals surface area contributed by atoms with E-state index in [0.717, 1.165) is 21.1 Å². The van der Waals surface area contributed by atoms with Crippen molar-refractivity contribution in [2.45, 2.75) is 53.8 Å². The molecule has 2 saturated heterocycles. The Hall–Kier alpha value is -2.86. The predicted molar refractivity (Wildman–Crippen MR) is 173 cm³/mol. The van der Waals surface area contributed by atoms with Gasteiger partial charge in [-0.1, -0.05) is 11.6 Å². The number of nitrogens with one attached hydrogen (secondary N) is 3. The van der Waals surface area contributed by atoms with Crippen molar-refractivity contribution in [2.75, 3.05) is 31.5 Å². The Morgan fingerprint density at radius 1 is 0.911 bits per heavy atom. The van der Waals surface area contributed by atoms with E-state index in [4.69, 9.17) is 11.6 Å². The summed E-state index contributed by atoms with van der Waals surface area (Å²) in [7, 11) is -7.86. The van der Waals surface area contributed by atoms with Crippen molar-refractivity contribution in [3.05, 3.63) is 52.9 Å². The first-order chi connectivity index (χ1) is 21.3. The number of hydrogen-bond donors (Lipinski definition) is 3. The van der Waals surface area contributed by atoms with E-state index in [1.165, 1.54) is 53.5 Å². The Morgan fingerprint density at radius 3 is 2.29 bits per heavy atom. The molecule has 4 heterocycles. The van der Waals surface area contributed by atoms with Gasteiger partial charge in [0.2, 0.25) is 27.7 Å². The average molecular weight is 714 g/mol. The van der Waals surface area contributed by atoms with Crippen LogP contribution in [0.3, 0.4) is 0 Å². The van der Waals surface area contributed by atoms with Gasteiger partial charge in [0.25, 0.3) is 10.0 Å². The van der Waals surface area contributed by atoms with Crippen molar-refractivity contribution in [3.8, 4) is 9.75 Å². The highest BCUT2D eigenvalue weighted by Gasteiger charge is 2.36. The van der Waals surface area contributed by atoms with Gasteiger partial charge < -0.3 is 15.1 Å². The van der Waals surface area contributed by atoms with Crippen molar-refractivity contribution in [1.82, 2.24) is 19.2 Å². The number of thiophene rings is 2. The second-order valence-corrected chi connectivity index (χ2v) is 17.2. The van der Waals surface area contributed by atoms with Crippen LogP contribution in [0.1, 0.15) is 32.6 Å². The van der Waals surface area contributed by atoms with Gasteiger partial charge in [0.15, 0.2) is 0 Å². The molecule has 0 radical (unpaired) electrons. The van der Waals surface area contributed by atoms with Gasteiger partial charge in [-0.05, 0) is 74.2 Å². The maximum atomic E-state index is 13.3. The first-order valence-corrected chi connectivity index (χ1v) is 19.1. The number of carbonyl (C=O) groups excluding carboxylic acids is 3. The van der Waals surface area contributed by atoms with E-state index in [1.54, 1.807) is 17.0 Å². The fourth-order valence-electron chi connectivity index (χ4n) is 5.34. The molecule has 0 saturated carbocycles. The summed E-state index contributed by atoms with van der Waals surface area (Å²) in [5, 5.41) is 2.58. The lowest BCUT2D eigenvalue weighted by molar-refractivity contribution is -0.143. The zero-order chi connectivity index (χ0) is 32.4. The first kappa shape index (κ1) is 33.5. The van der Waals surface area contributed by atoms with Gasteiger partial charge in [-0.15, -0.1) is 22.7 Å². The van der Waals surface area contributed by atoms with Gasteiger partial charge in [0.05, 0.1) is 15.8 Å². The van der Waals surface area contributed by atoms with Gasteiger partial charge in [0, 0.05) is 48.0 Å². The minimum absolute atomic E-state index is 0.00162. The quantitative estimate of drug-likeness (QED) is 0.275. The molecule has 3 aromatic rings. The standard InChI is InChI=1S/C28H32ClN5O7S4/c1-18(35)31-19-6-8-21(9-7-19)44(38,39)30-16-20-4-2-15-34(20)26(36)17-33-14-3-5-22(28(33)37)32-45(40,41)27-13-11-24(43-27)23-10-12-25(29)42-23/h6-13,20,22,30,32H,2-5,14-17H2,1H3,(H,31,35)/t20-,22?/m0/s1. The van der Waals surface area contributed by atoms with Crippen molar-refractivity contribution < 1.29 is 31.2 Å². The van der Waals surface area contributed by atoms with E-state index in [0.29, 0.717) is 48.8 Å². The largest absolute Gasteiger partial charge is 0.337 e. The highest BCUT2D eigenvalue weighted by molar-refractivity contribution is 7.91. The number of nitrogens with zero attached hydrogens (tertiary/aromatic N) is 2. The van der Waals surface area contributed by atoms with Crippen molar-refractivity contribution in [1.29, 1.82) is 0 Å². The van der Waals surface area contributed by atoms with Crippen molar-refractivity contribution in [3.63, 3.8) is 0 Å². The molecule has 242 valence electrons. The molecule has 5 rings (SSSR count). The number of likely N-dealkylation sites (tertiary alicyclic amines) is 2. The Morgan fingerprint density at radius 2 is 1.60 bits per heavy atom. The van der Waals surface area contributed by atoms with E-state index in [-0.39, 0.29) is 34.0 Å².